The quantitative estimate of drug-likeness (QED) is 0.744. The number of alkyl halides is 3. The number of amides is 2. The van der Waals surface area contributed by atoms with Gasteiger partial charge in [0, 0.05) is 48.6 Å². The van der Waals surface area contributed by atoms with Crippen LogP contribution < -0.4 is 11.1 Å². The number of anilines is 1. The van der Waals surface area contributed by atoms with E-state index in [-0.39, 0.29) is 17.9 Å². The molecule has 2 amide bonds. The van der Waals surface area contributed by atoms with E-state index in [2.05, 4.69) is 5.32 Å². The summed E-state index contributed by atoms with van der Waals surface area (Å²) in [5.74, 6) is -1.76. The van der Waals surface area contributed by atoms with Crippen molar-refractivity contribution >= 4 is 34.6 Å². The van der Waals surface area contributed by atoms with Crippen LogP contribution in [0.2, 0.25) is 0 Å². The minimum atomic E-state index is -4.49. The van der Waals surface area contributed by atoms with Crippen LogP contribution >= 0.6 is 12.2 Å². The summed E-state index contributed by atoms with van der Waals surface area (Å²) in [5.41, 5.74) is 5.34. The molecular weight excluding hydrogens is 379 g/mol. The molecule has 0 bridgehead atoms. The maximum atomic E-state index is 13.1. The van der Waals surface area contributed by atoms with Crippen LogP contribution in [0.1, 0.15) is 30.9 Å². The zero-order valence-corrected chi connectivity index (χ0v) is 16.1. The summed E-state index contributed by atoms with van der Waals surface area (Å²) >= 11 is 5.48. The second-order valence-electron chi connectivity index (χ2n) is 6.92. The van der Waals surface area contributed by atoms with Gasteiger partial charge in [-0.15, -0.1) is 0 Å². The Hall–Kier alpha value is -2.16. The minimum Gasteiger partial charge on any atom is -0.380 e. The van der Waals surface area contributed by atoms with Gasteiger partial charge in [-0.3, -0.25) is 9.59 Å². The van der Waals surface area contributed by atoms with Crippen molar-refractivity contribution in [2.45, 2.75) is 32.0 Å². The van der Waals surface area contributed by atoms with Crippen molar-refractivity contribution in [3.8, 4) is 0 Å². The molecule has 27 heavy (non-hydrogen) atoms. The molecule has 0 aromatic heterocycles. The van der Waals surface area contributed by atoms with Gasteiger partial charge in [0.05, 0.1) is 11.5 Å². The number of benzene rings is 1. The average molecular weight is 401 g/mol. The molecule has 9 heteroatoms. The number of hydrogen-bond donors (Lipinski definition) is 2. The van der Waals surface area contributed by atoms with Crippen LogP contribution in [0.5, 0.6) is 0 Å². The topological polar surface area (TPSA) is 75.4 Å². The van der Waals surface area contributed by atoms with Gasteiger partial charge >= 0.3 is 6.18 Å². The van der Waals surface area contributed by atoms with Crippen molar-refractivity contribution in [1.29, 1.82) is 0 Å². The highest BCUT2D eigenvalue weighted by Crippen LogP contribution is 2.38. The SMILES string of the molecule is CC(C(N)=O)C1Nc2ccc(C(F)(F)F)cc2C(=S)C1CCC(=O)N(C)C. The Morgan fingerprint density at radius 3 is 2.48 bits per heavy atom. The number of nitrogens with two attached hydrogens (primary N) is 1. The Morgan fingerprint density at radius 1 is 1.33 bits per heavy atom. The number of thiocarbonyl (C=S) groups is 1. The first-order valence-electron chi connectivity index (χ1n) is 8.45. The van der Waals surface area contributed by atoms with Crippen molar-refractivity contribution in [1.82, 2.24) is 4.90 Å². The fraction of sp³-hybridized carbons (Fsp3) is 0.500. The Labute approximate surface area is 161 Å². The Balaban J connectivity index is 2.41. The highest BCUT2D eigenvalue weighted by atomic mass is 32.1. The molecule has 0 saturated carbocycles. The van der Waals surface area contributed by atoms with E-state index in [1.807, 2.05) is 0 Å². The molecule has 3 atom stereocenters. The summed E-state index contributed by atoms with van der Waals surface area (Å²) in [4.78, 5) is 25.4. The number of nitrogens with one attached hydrogen (secondary N) is 1. The molecule has 5 nitrogen and oxygen atoms in total. The number of nitrogens with zero attached hydrogens (tertiary/aromatic N) is 1. The van der Waals surface area contributed by atoms with Gasteiger partial charge in [0.15, 0.2) is 0 Å². The van der Waals surface area contributed by atoms with Crippen LogP contribution in [0.3, 0.4) is 0 Å². The van der Waals surface area contributed by atoms with Gasteiger partial charge in [-0.05, 0) is 24.6 Å². The lowest BCUT2D eigenvalue weighted by molar-refractivity contribution is -0.137. The molecule has 0 spiro atoms. The van der Waals surface area contributed by atoms with Crippen LogP contribution in [0, 0.1) is 11.8 Å². The summed E-state index contributed by atoms with van der Waals surface area (Å²) in [6.45, 7) is 1.64. The maximum absolute atomic E-state index is 13.1. The summed E-state index contributed by atoms with van der Waals surface area (Å²) in [5, 5.41) is 3.11. The fourth-order valence-electron chi connectivity index (χ4n) is 3.16. The van der Waals surface area contributed by atoms with Gasteiger partial charge in [0.2, 0.25) is 11.8 Å². The van der Waals surface area contributed by atoms with Crippen LogP contribution in [0.4, 0.5) is 18.9 Å². The lowest BCUT2D eigenvalue weighted by Gasteiger charge is -2.38. The third-order valence-corrected chi connectivity index (χ3v) is 5.38. The predicted octanol–water partition coefficient (Wildman–Crippen LogP) is 2.82. The third kappa shape index (κ3) is 4.58. The first-order chi connectivity index (χ1) is 12.4. The number of hydrogen-bond acceptors (Lipinski definition) is 4. The normalized spacial score (nSPS) is 20.4. The van der Waals surface area contributed by atoms with E-state index in [9.17, 15) is 22.8 Å². The average Bonchev–Trinajstić information content (AvgIpc) is 2.58. The number of rotatable bonds is 5. The Morgan fingerprint density at radius 2 is 1.96 bits per heavy atom. The molecule has 0 radical (unpaired) electrons. The maximum Gasteiger partial charge on any atom is 0.416 e. The van der Waals surface area contributed by atoms with E-state index in [1.165, 1.54) is 11.0 Å². The first kappa shape index (κ1) is 21.1. The minimum absolute atomic E-state index is 0.127. The van der Waals surface area contributed by atoms with Crippen molar-refractivity contribution in [3.05, 3.63) is 29.3 Å². The van der Waals surface area contributed by atoms with E-state index in [0.29, 0.717) is 17.0 Å². The summed E-state index contributed by atoms with van der Waals surface area (Å²) in [7, 11) is 3.24. The van der Waals surface area contributed by atoms with E-state index in [4.69, 9.17) is 18.0 Å². The number of halogens is 3. The summed E-state index contributed by atoms with van der Waals surface area (Å²) in [6, 6.07) is 2.80. The molecule has 3 N–H and O–H groups in total. The third-order valence-electron chi connectivity index (χ3n) is 4.86. The Bertz CT molecular complexity index is 765. The molecule has 0 fully saturated rings. The van der Waals surface area contributed by atoms with Gasteiger partial charge in [-0.1, -0.05) is 19.1 Å². The highest BCUT2D eigenvalue weighted by Gasteiger charge is 2.39. The fourth-order valence-corrected chi connectivity index (χ4v) is 3.59. The number of carbonyl (C=O) groups is 2. The number of primary amides is 1. The lowest BCUT2D eigenvalue weighted by atomic mass is 9.78. The first-order valence-corrected chi connectivity index (χ1v) is 8.85. The van der Waals surface area contributed by atoms with Gasteiger partial charge in [-0.25, -0.2) is 0 Å². The smallest absolute Gasteiger partial charge is 0.380 e. The lowest BCUT2D eigenvalue weighted by Crippen LogP contribution is -2.47. The summed E-state index contributed by atoms with van der Waals surface area (Å²) < 4.78 is 39.2. The molecule has 0 saturated heterocycles. The number of carbonyl (C=O) groups excluding carboxylic acids is 2. The number of fused-ring (bicyclic) bond motifs is 1. The van der Waals surface area contributed by atoms with E-state index in [0.717, 1.165) is 12.1 Å². The van der Waals surface area contributed by atoms with Crippen LogP contribution in [-0.2, 0) is 15.8 Å². The van der Waals surface area contributed by atoms with Crippen molar-refractivity contribution < 1.29 is 22.8 Å². The monoisotopic (exact) mass is 401 g/mol. The summed E-state index contributed by atoms with van der Waals surface area (Å²) in [6.07, 6.45) is -4.02. The standard InChI is InChI=1S/C18H22F3N3O2S/c1-9(17(22)26)15-11(5-7-14(25)24(2)3)16(27)12-8-10(18(19,20)21)4-6-13(12)23-15/h4,6,8-9,11,15,23H,5,7H2,1-3H3,(H2,22,26). The molecule has 1 aliphatic heterocycles. The highest BCUT2D eigenvalue weighted by molar-refractivity contribution is 7.81. The van der Waals surface area contributed by atoms with Crippen molar-refractivity contribution in [3.63, 3.8) is 0 Å². The van der Waals surface area contributed by atoms with E-state index < -0.39 is 35.5 Å². The van der Waals surface area contributed by atoms with Gasteiger partial charge < -0.3 is 16.0 Å². The van der Waals surface area contributed by atoms with Crippen LogP contribution in [0.25, 0.3) is 0 Å². The second kappa shape index (κ2) is 7.84. The largest absolute Gasteiger partial charge is 0.416 e. The molecule has 1 aromatic rings. The molecule has 1 aliphatic rings. The Kier molecular flexibility index (Phi) is 6.14. The van der Waals surface area contributed by atoms with Gasteiger partial charge in [0.25, 0.3) is 0 Å². The van der Waals surface area contributed by atoms with Crippen LogP contribution in [0.15, 0.2) is 18.2 Å². The van der Waals surface area contributed by atoms with Crippen LogP contribution in [-0.4, -0.2) is 41.7 Å². The van der Waals surface area contributed by atoms with E-state index in [1.54, 1.807) is 21.0 Å². The van der Waals surface area contributed by atoms with Gasteiger partial charge in [0.1, 0.15) is 0 Å². The molecule has 0 aliphatic carbocycles. The molecule has 1 heterocycles. The molecule has 2 rings (SSSR count). The zero-order chi connectivity index (χ0) is 20.5. The molecule has 3 unspecified atom stereocenters. The predicted molar refractivity (Wildman–Crippen MR) is 100 cm³/mol. The van der Waals surface area contributed by atoms with Gasteiger partial charge in [-0.2, -0.15) is 13.2 Å². The van der Waals surface area contributed by atoms with Crippen molar-refractivity contribution in [2.24, 2.45) is 17.6 Å². The van der Waals surface area contributed by atoms with E-state index >= 15 is 0 Å². The molecular formula is C18H22F3N3O2S. The molecule has 148 valence electrons. The molecule has 1 aromatic carbocycles. The second-order valence-corrected chi connectivity index (χ2v) is 7.36. The zero-order valence-electron chi connectivity index (χ0n) is 15.3. The van der Waals surface area contributed by atoms with Crippen molar-refractivity contribution in [2.75, 3.05) is 19.4 Å².